The van der Waals surface area contributed by atoms with Crippen LogP contribution in [0.2, 0.25) is 5.02 Å². The van der Waals surface area contributed by atoms with Crippen molar-refractivity contribution < 1.29 is 4.79 Å². The maximum atomic E-state index is 12.6. The van der Waals surface area contributed by atoms with Crippen molar-refractivity contribution in [2.45, 2.75) is 26.2 Å². The average Bonchev–Trinajstić information content (AvgIpc) is 3.11. The number of amides is 1. The predicted molar refractivity (Wildman–Crippen MR) is 117 cm³/mol. The zero-order valence-corrected chi connectivity index (χ0v) is 17.2. The highest BCUT2D eigenvalue weighted by Crippen LogP contribution is 2.23. The number of fused-ring (bicyclic) bond motifs is 1. The number of nitrogens with zero attached hydrogens (tertiary/aromatic N) is 3. The molecule has 0 spiro atoms. The largest absolute Gasteiger partial charge is 0.322 e. The highest BCUT2D eigenvalue weighted by Gasteiger charge is 2.15. The van der Waals surface area contributed by atoms with E-state index in [1.807, 2.05) is 54.6 Å². The zero-order chi connectivity index (χ0) is 20.6. The van der Waals surface area contributed by atoms with Gasteiger partial charge in [-0.2, -0.15) is 4.80 Å². The third-order valence-corrected chi connectivity index (χ3v) is 4.93. The van der Waals surface area contributed by atoms with Crippen LogP contribution in [0.1, 0.15) is 36.7 Å². The van der Waals surface area contributed by atoms with Gasteiger partial charge in [0.15, 0.2) is 0 Å². The molecular weight excluding hydrogens is 384 g/mol. The van der Waals surface area contributed by atoms with Crippen molar-refractivity contribution in [2.24, 2.45) is 0 Å². The fourth-order valence-corrected chi connectivity index (χ4v) is 3.22. The van der Waals surface area contributed by atoms with E-state index >= 15 is 0 Å². The molecule has 0 saturated heterocycles. The quantitative estimate of drug-likeness (QED) is 0.481. The molecule has 1 aromatic heterocycles. The second-order valence-electron chi connectivity index (χ2n) is 7.95. The lowest BCUT2D eigenvalue weighted by Crippen LogP contribution is -2.14. The Morgan fingerprint density at radius 2 is 1.66 bits per heavy atom. The second-order valence-corrected chi connectivity index (χ2v) is 8.39. The molecule has 0 atom stereocenters. The molecule has 4 rings (SSSR count). The number of carbonyl (C=O) groups excluding carboxylic acids is 1. The van der Waals surface area contributed by atoms with E-state index < -0.39 is 0 Å². The Morgan fingerprint density at radius 1 is 0.931 bits per heavy atom. The first-order valence-corrected chi connectivity index (χ1v) is 9.72. The van der Waals surface area contributed by atoms with Crippen LogP contribution in [0.4, 0.5) is 5.69 Å². The van der Waals surface area contributed by atoms with Crippen LogP contribution in [0.25, 0.3) is 16.7 Å². The minimum absolute atomic E-state index is 0.0504. The van der Waals surface area contributed by atoms with Gasteiger partial charge >= 0.3 is 0 Å². The number of benzene rings is 3. The topological polar surface area (TPSA) is 59.8 Å². The molecule has 4 aromatic rings. The number of halogens is 1. The van der Waals surface area contributed by atoms with Gasteiger partial charge in [0.2, 0.25) is 0 Å². The molecule has 0 aliphatic carbocycles. The Labute approximate surface area is 174 Å². The van der Waals surface area contributed by atoms with Crippen LogP contribution in [-0.2, 0) is 5.41 Å². The zero-order valence-electron chi connectivity index (χ0n) is 16.5. The van der Waals surface area contributed by atoms with E-state index in [0.717, 1.165) is 11.2 Å². The smallest absolute Gasteiger partial charge is 0.255 e. The SMILES string of the molecule is CC(C)(C)c1ccc(C(=O)Nc2ccc3nn(-c4cccc(Cl)c4)nc3c2)cc1. The van der Waals surface area contributed by atoms with Crippen molar-refractivity contribution >= 4 is 34.2 Å². The minimum atomic E-state index is -0.160. The number of rotatable bonds is 3. The van der Waals surface area contributed by atoms with E-state index in [4.69, 9.17) is 11.6 Å². The van der Waals surface area contributed by atoms with E-state index in [1.165, 1.54) is 10.4 Å². The third kappa shape index (κ3) is 4.15. The summed E-state index contributed by atoms with van der Waals surface area (Å²) in [7, 11) is 0. The van der Waals surface area contributed by atoms with Crippen LogP contribution in [0, 0.1) is 0 Å². The van der Waals surface area contributed by atoms with E-state index in [1.54, 1.807) is 12.1 Å². The van der Waals surface area contributed by atoms with Crippen LogP contribution in [0.15, 0.2) is 66.7 Å². The molecule has 6 heteroatoms. The molecule has 5 nitrogen and oxygen atoms in total. The Balaban J connectivity index is 1.56. The first-order chi connectivity index (χ1) is 13.8. The van der Waals surface area contributed by atoms with Crippen LogP contribution in [0.3, 0.4) is 0 Å². The van der Waals surface area contributed by atoms with Crippen LogP contribution >= 0.6 is 11.6 Å². The van der Waals surface area contributed by atoms with Gasteiger partial charge in [0.25, 0.3) is 5.91 Å². The molecule has 3 aromatic carbocycles. The second kappa shape index (κ2) is 7.33. The molecule has 146 valence electrons. The van der Waals surface area contributed by atoms with Gasteiger partial charge in [-0.1, -0.05) is 50.6 Å². The Kier molecular flexibility index (Phi) is 4.84. The van der Waals surface area contributed by atoms with Crippen molar-refractivity contribution in [1.29, 1.82) is 0 Å². The summed E-state index contributed by atoms with van der Waals surface area (Å²) in [5.74, 6) is -0.160. The lowest BCUT2D eigenvalue weighted by Gasteiger charge is -2.19. The van der Waals surface area contributed by atoms with Gasteiger partial charge < -0.3 is 5.32 Å². The van der Waals surface area contributed by atoms with Gasteiger partial charge in [-0.3, -0.25) is 4.79 Å². The summed E-state index contributed by atoms with van der Waals surface area (Å²) in [6.45, 7) is 6.44. The molecule has 1 amide bonds. The van der Waals surface area contributed by atoms with Gasteiger partial charge in [-0.05, 0) is 59.5 Å². The van der Waals surface area contributed by atoms with Gasteiger partial charge in [-0.15, -0.1) is 10.2 Å². The number of anilines is 1. The van der Waals surface area contributed by atoms with Crippen LogP contribution in [0.5, 0.6) is 0 Å². The highest BCUT2D eigenvalue weighted by atomic mass is 35.5. The molecule has 0 saturated carbocycles. The molecule has 0 fully saturated rings. The molecule has 1 N–H and O–H groups in total. The fraction of sp³-hybridized carbons (Fsp3) is 0.174. The van der Waals surface area contributed by atoms with Crippen molar-refractivity contribution in [3.63, 3.8) is 0 Å². The lowest BCUT2D eigenvalue weighted by molar-refractivity contribution is 0.102. The van der Waals surface area contributed by atoms with Gasteiger partial charge in [0.1, 0.15) is 11.0 Å². The molecule has 0 aliphatic rings. The molecule has 0 unspecified atom stereocenters. The van der Waals surface area contributed by atoms with Gasteiger partial charge in [-0.25, -0.2) is 0 Å². The molecule has 29 heavy (non-hydrogen) atoms. The molecular formula is C23H21ClN4O. The summed E-state index contributed by atoms with van der Waals surface area (Å²) in [6, 6.07) is 20.5. The van der Waals surface area contributed by atoms with Gasteiger partial charge in [0, 0.05) is 16.3 Å². The summed E-state index contributed by atoms with van der Waals surface area (Å²) < 4.78 is 0. The number of hydrogen-bond acceptors (Lipinski definition) is 3. The normalized spacial score (nSPS) is 11.6. The first-order valence-electron chi connectivity index (χ1n) is 9.34. The maximum Gasteiger partial charge on any atom is 0.255 e. The minimum Gasteiger partial charge on any atom is -0.322 e. The standard InChI is InChI=1S/C23H21ClN4O/c1-23(2,3)16-9-7-15(8-10-16)22(29)25-18-11-12-20-21(14-18)27-28(26-20)19-6-4-5-17(24)13-19/h4-14H,1-3H3,(H,25,29). The van der Waals surface area contributed by atoms with Crippen LogP contribution < -0.4 is 5.32 Å². The van der Waals surface area contributed by atoms with Crippen molar-refractivity contribution in [2.75, 3.05) is 5.32 Å². The summed E-state index contributed by atoms with van der Waals surface area (Å²) in [5.41, 5.74) is 4.71. The van der Waals surface area contributed by atoms with E-state index in [9.17, 15) is 4.79 Å². The summed E-state index contributed by atoms with van der Waals surface area (Å²) in [5, 5.41) is 12.5. The van der Waals surface area contributed by atoms with E-state index in [-0.39, 0.29) is 11.3 Å². The van der Waals surface area contributed by atoms with E-state index in [0.29, 0.717) is 21.8 Å². The Morgan fingerprint density at radius 3 is 2.34 bits per heavy atom. The van der Waals surface area contributed by atoms with E-state index in [2.05, 4.69) is 36.3 Å². The average molecular weight is 405 g/mol. The number of hydrogen-bond donors (Lipinski definition) is 1. The molecule has 0 aliphatic heterocycles. The fourth-order valence-electron chi connectivity index (χ4n) is 3.03. The Hall–Kier alpha value is -3.18. The monoisotopic (exact) mass is 404 g/mol. The number of carbonyl (C=O) groups is 1. The third-order valence-electron chi connectivity index (χ3n) is 4.69. The predicted octanol–water partition coefficient (Wildman–Crippen LogP) is 5.62. The number of aromatic nitrogens is 3. The molecule has 1 heterocycles. The summed E-state index contributed by atoms with van der Waals surface area (Å²) in [6.07, 6.45) is 0. The lowest BCUT2D eigenvalue weighted by atomic mass is 9.87. The van der Waals surface area contributed by atoms with Crippen molar-refractivity contribution in [3.05, 3.63) is 82.9 Å². The van der Waals surface area contributed by atoms with Gasteiger partial charge in [0.05, 0.1) is 5.69 Å². The molecule has 0 radical (unpaired) electrons. The van der Waals surface area contributed by atoms with Crippen LogP contribution in [-0.4, -0.2) is 20.9 Å². The number of nitrogens with one attached hydrogen (secondary N) is 1. The Bertz CT molecular complexity index is 1190. The summed E-state index contributed by atoms with van der Waals surface area (Å²) in [4.78, 5) is 14.1. The summed E-state index contributed by atoms with van der Waals surface area (Å²) >= 11 is 6.05. The molecule has 0 bridgehead atoms. The van der Waals surface area contributed by atoms with Crippen molar-refractivity contribution in [1.82, 2.24) is 15.0 Å². The highest BCUT2D eigenvalue weighted by molar-refractivity contribution is 6.30. The first kappa shape index (κ1) is 19.2. The van der Waals surface area contributed by atoms with Crippen molar-refractivity contribution in [3.8, 4) is 5.69 Å². The maximum absolute atomic E-state index is 12.6.